The van der Waals surface area contributed by atoms with Gasteiger partial charge in [0.05, 0.1) is 16.9 Å². The number of nitro benzene ring substituents is 1. The van der Waals surface area contributed by atoms with Crippen molar-refractivity contribution >= 4 is 34.0 Å². The third kappa shape index (κ3) is 4.23. The van der Waals surface area contributed by atoms with E-state index in [0.29, 0.717) is 22.9 Å². The maximum Gasteiger partial charge on any atom is 0.270 e. The lowest BCUT2D eigenvalue weighted by molar-refractivity contribution is -0.384. The maximum atomic E-state index is 12.5. The van der Waals surface area contributed by atoms with Gasteiger partial charge in [0, 0.05) is 29.2 Å². The van der Waals surface area contributed by atoms with Crippen LogP contribution in [0.4, 0.5) is 10.8 Å². The van der Waals surface area contributed by atoms with Gasteiger partial charge in [0.25, 0.3) is 11.6 Å². The first-order valence-corrected chi connectivity index (χ1v) is 8.59. The van der Waals surface area contributed by atoms with Crippen LogP contribution < -0.4 is 5.32 Å². The maximum absolute atomic E-state index is 12.5. The molecular weight excluding hydrogens is 372 g/mol. The molecule has 0 aliphatic heterocycles. The molecule has 0 spiro atoms. The Labute approximate surface area is 157 Å². The monoisotopic (exact) mass is 386 g/mol. The zero-order valence-electron chi connectivity index (χ0n) is 14.4. The number of carbonyl (C=O) groups is 2. The second-order valence-corrected chi connectivity index (χ2v) is 6.49. The molecule has 1 N–H and O–H groups in total. The lowest BCUT2D eigenvalue weighted by atomic mass is 10.1. The summed E-state index contributed by atoms with van der Waals surface area (Å²) in [5.74, 6) is 0.541. The van der Waals surface area contributed by atoms with Crippen molar-refractivity contribution in [3.63, 3.8) is 0 Å². The van der Waals surface area contributed by atoms with E-state index in [-0.39, 0.29) is 28.6 Å². The predicted molar refractivity (Wildman–Crippen MR) is 97.8 cm³/mol. The van der Waals surface area contributed by atoms with Gasteiger partial charge in [-0.25, -0.2) is 4.98 Å². The van der Waals surface area contributed by atoms with Gasteiger partial charge < -0.3 is 4.42 Å². The quantitative estimate of drug-likeness (QED) is 0.508. The second kappa shape index (κ2) is 7.46. The molecule has 9 nitrogen and oxygen atoms in total. The first kappa shape index (κ1) is 18.4. The number of rotatable bonds is 6. The fourth-order valence-corrected chi connectivity index (χ4v) is 2.97. The van der Waals surface area contributed by atoms with E-state index in [9.17, 15) is 19.7 Å². The Morgan fingerprint density at radius 1 is 1.33 bits per heavy atom. The molecule has 3 aromatic rings. The molecule has 2 heterocycles. The van der Waals surface area contributed by atoms with Crippen molar-refractivity contribution in [3.05, 3.63) is 57.6 Å². The number of aryl methyl sites for hydroxylation is 1. The molecule has 0 fully saturated rings. The van der Waals surface area contributed by atoms with Gasteiger partial charge in [0.15, 0.2) is 5.82 Å². The van der Waals surface area contributed by atoms with Gasteiger partial charge >= 0.3 is 0 Å². The Kier molecular flexibility index (Phi) is 5.08. The summed E-state index contributed by atoms with van der Waals surface area (Å²) in [4.78, 5) is 38.1. The number of nitro groups is 1. The Bertz CT molecular complexity index is 1040. The summed E-state index contributed by atoms with van der Waals surface area (Å²) in [7, 11) is 0. The molecule has 0 aliphatic rings. The number of anilines is 1. The zero-order valence-corrected chi connectivity index (χ0v) is 15.2. The molecule has 27 heavy (non-hydrogen) atoms. The number of benzene rings is 1. The van der Waals surface area contributed by atoms with Crippen LogP contribution in [0.25, 0.3) is 11.3 Å². The number of hydrogen-bond donors (Lipinski definition) is 1. The summed E-state index contributed by atoms with van der Waals surface area (Å²) < 4.78 is 9.60. The number of amides is 1. The molecule has 0 radical (unpaired) electrons. The van der Waals surface area contributed by atoms with Crippen LogP contribution in [0.3, 0.4) is 0 Å². The molecule has 2 aromatic heterocycles. The molecule has 0 bridgehead atoms. The molecule has 0 aliphatic carbocycles. The van der Waals surface area contributed by atoms with E-state index in [2.05, 4.69) is 14.7 Å². The minimum absolute atomic E-state index is 0.0700. The molecule has 0 saturated heterocycles. The Balaban J connectivity index is 1.80. The van der Waals surface area contributed by atoms with Gasteiger partial charge in [-0.15, -0.1) is 0 Å². The van der Waals surface area contributed by atoms with Crippen LogP contribution in [0.15, 0.2) is 34.7 Å². The van der Waals surface area contributed by atoms with Crippen LogP contribution in [0, 0.1) is 17.0 Å². The van der Waals surface area contributed by atoms with E-state index in [1.165, 1.54) is 25.1 Å². The molecule has 1 aromatic carbocycles. The SMILES string of the molecule is CC(=O)Cc1nsc(NC(=O)c2cc(-c3cccc([N+](=O)[O-])c3)oc2C)n1. The summed E-state index contributed by atoms with van der Waals surface area (Å²) in [5.41, 5.74) is 0.699. The average molecular weight is 386 g/mol. The minimum atomic E-state index is -0.499. The number of ketones is 1. The molecule has 0 unspecified atom stereocenters. The fourth-order valence-electron chi connectivity index (χ4n) is 2.39. The van der Waals surface area contributed by atoms with E-state index < -0.39 is 10.8 Å². The van der Waals surface area contributed by atoms with E-state index in [0.717, 1.165) is 11.5 Å². The summed E-state index contributed by atoms with van der Waals surface area (Å²) in [6.45, 7) is 3.06. The van der Waals surface area contributed by atoms with Gasteiger partial charge in [-0.2, -0.15) is 4.37 Å². The zero-order chi connectivity index (χ0) is 19.6. The highest BCUT2D eigenvalue weighted by Crippen LogP contribution is 2.28. The third-order valence-electron chi connectivity index (χ3n) is 3.60. The van der Waals surface area contributed by atoms with Crippen LogP contribution in [0.2, 0.25) is 0 Å². The number of nitrogens with one attached hydrogen (secondary N) is 1. The van der Waals surface area contributed by atoms with Gasteiger partial charge in [-0.05, 0) is 19.9 Å². The van der Waals surface area contributed by atoms with Crippen molar-refractivity contribution in [3.8, 4) is 11.3 Å². The van der Waals surface area contributed by atoms with E-state index in [4.69, 9.17) is 4.42 Å². The highest BCUT2D eigenvalue weighted by atomic mass is 32.1. The van der Waals surface area contributed by atoms with E-state index in [1.807, 2.05) is 0 Å². The topological polar surface area (TPSA) is 128 Å². The smallest absolute Gasteiger partial charge is 0.270 e. The first-order chi connectivity index (χ1) is 12.8. The minimum Gasteiger partial charge on any atom is -0.461 e. The molecule has 0 saturated carbocycles. The Morgan fingerprint density at radius 2 is 2.11 bits per heavy atom. The average Bonchev–Trinajstić information content (AvgIpc) is 3.21. The molecule has 138 valence electrons. The van der Waals surface area contributed by atoms with Crippen molar-refractivity contribution in [1.82, 2.24) is 9.36 Å². The first-order valence-electron chi connectivity index (χ1n) is 7.82. The van der Waals surface area contributed by atoms with Crippen molar-refractivity contribution in [2.24, 2.45) is 0 Å². The number of nitrogens with zero attached hydrogens (tertiary/aromatic N) is 3. The van der Waals surface area contributed by atoms with Crippen molar-refractivity contribution in [2.45, 2.75) is 20.3 Å². The number of Topliss-reactive ketones (excluding diaryl/α,β-unsaturated/α-hetero) is 1. The van der Waals surface area contributed by atoms with Crippen LogP contribution in [-0.4, -0.2) is 26.0 Å². The molecular formula is C17H14N4O5S. The number of furan rings is 1. The number of hydrogen-bond acceptors (Lipinski definition) is 8. The van der Waals surface area contributed by atoms with Gasteiger partial charge in [-0.3, -0.25) is 25.0 Å². The van der Waals surface area contributed by atoms with Crippen molar-refractivity contribution in [1.29, 1.82) is 0 Å². The lowest BCUT2D eigenvalue weighted by Crippen LogP contribution is -2.12. The van der Waals surface area contributed by atoms with Gasteiger partial charge in [0.1, 0.15) is 17.3 Å². The molecule has 1 amide bonds. The third-order valence-corrected chi connectivity index (χ3v) is 4.27. The van der Waals surface area contributed by atoms with Crippen LogP contribution in [0.1, 0.15) is 28.9 Å². The second-order valence-electron chi connectivity index (χ2n) is 5.74. The van der Waals surface area contributed by atoms with Crippen molar-refractivity contribution < 1.29 is 18.9 Å². The number of aromatic nitrogens is 2. The fraction of sp³-hybridized carbons (Fsp3) is 0.176. The molecule has 10 heteroatoms. The van der Waals surface area contributed by atoms with Crippen LogP contribution >= 0.6 is 11.5 Å². The number of carbonyl (C=O) groups excluding carboxylic acids is 2. The van der Waals surface area contributed by atoms with Crippen LogP contribution in [0.5, 0.6) is 0 Å². The standard InChI is InChI=1S/C17H14N4O5S/c1-9(22)6-15-18-17(27-20-15)19-16(23)13-8-14(26-10(13)2)11-4-3-5-12(7-11)21(24)25/h3-5,7-8H,6H2,1-2H3,(H,18,19,20,23). The normalized spacial score (nSPS) is 10.6. The summed E-state index contributed by atoms with van der Waals surface area (Å²) in [6, 6.07) is 7.47. The Morgan fingerprint density at radius 3 is 2.81 bits per heavy atom. The number of non-ortho nitro benzene ring substituents is 1. The van der Waals surface area contributed by atoms with E-state index >= 15 is 0 Å². The largest absolute Gasteiger partial charge is 0.461 e. The van der Waals surface area contributed by atoms with Gasteiger partial charge in [0.2, 0.25) is 5.13 Å². The van der Waals surface area contributed by atoms with Crippen molar-refractivity contribution in [2.75, 3.05) is 5.32 Å². The van der Waals surface area contributed by atoms with Crippen LogP contribution in [-0.2, 0) is 11.2 Å². The summed E-state index contributed by atoms with van der Waals surface area (Å²) in [6.07, 6.45) is 0.105. The molecule has 0 atom stereocenters. The molecule has 3 rings (SSSR count). The van der Waals surface area contributed by atoms with E-state index in [1.54, 1.807) is 19.1 Å². The van der Waals surface area contributed by atoms with Gasteiger partial charge in [-0.1, -0.05) is 12.1 Å². The highest BCUT2D eigenvalue weighted by Gasteiger charge is 2.19. The summed E-state index contributed by atoms with van der Waals surface area (Å²) in [5, 5.41) is 13.8. The Hall–Kier alpha value is -3.40. The lowest BCUT2D eigenvalue weighted by Gasteiger charge is -1.98. The predicted octanol–water partition coefficient (Wildman–Crippen LogP) is 3.40. The summed E-state index contributed by atoms with van der Waals surface area (Å²) >= 11 is 0.978. The highest BCUT2D eigenvalue weighted by molar-refractivity contribution is 7.09.